The van der Waals surface area contributed by atoms with Crippen molar-refractivity contribution in [2.45, 2.75) is 26.2 Å². The van der Waals surface area contributed by atoms with E-state index in [4.69, 9.17) is 4.74 Å². The largest absolute Gasteiger partial charge is 0.490 e. The third-order valence-electron chi connectivity index (χ3n) is 3.16. The Morgan fingerprint density at radius 2 is 2.50 bits per heavy atom. The monoisotopic (exact) mass is 248 g/mol. The number of aromatic nitrogens is 1. The minimum atomic E-state index is 0.125. The molecule has 1 aromatic rings. The Morgan fingerprint density at radius 3 is 3.28 bits per heavy atom. The smallest absolute Gasteiger partial charge is 0.171 e. The fourth-order valence-corrected chi connectivity index (χ4v) is 2.26. The van der Waals surface area contributed by atoms with Crippen LogP contribution in [0.4, 0.5) is 5.82 Å². The summed E-state index contributed by atoms with van der Waals surface area (Å²) < 4.78 is 5.72. The SMILES string of the molecule is CCCOc1cccnc1N1CCCC(C=O)C1. The molecule has 2 rings (SSSR count). The highest BCUT2D eigenvalue weighted by atomic mass is 16.5. The first kappa shape index (κ1) is 12.9. The molecule has 0 aliphatic carbocycles. The van der Waals surface area contributed by atoms with Crippen molar-refractivity contribution in [3.05, 3.63) is 18.3 Å². The predicted molar refractivity (Wildman–Crippen MR) is 71.0 cm³/mol. The van der Waals surface area contributed by atoms with Crippen molar-refractivity contribution in [1.82, 2.24) is 4.98 Å². The zero-order chi connectivity index (χ0) is 12.8. The van der Waals surface area contributed by atoms with Crippen LogP contribution in [0, 0.1) is 5.92 Å². The number of ether oxygens (including phenoxy) is 1. The van der Waals surface area contributed by atoms with E-state index in [1.807, 2.05) is 12.1 Å². The number of aldehydes is 1. The molecule has 1 saturated heterocycles. The number of hydrogen-bond acceptors (Lipinski definition) is 4. The summed E-state index contributed by atoms with van der Waals surface area (Å²) in [6.45, 7) is 4.48. The number of nitrogens with zero attached hydrogens (tertiary/aromatic N) is 2. The van der Waals surface area contributed by atoms with Gasteiger partial charge in [0.1, 0.15) is 6.29 Å². The van der Waals surface area contributed by atoms with Crippen molar-refractivity contribution < 1.29 is 9.53 Å². The number of anilines is 1. The lowest BCUT2D eigenvalue weighted by molar-refractivity contribution is -0.111. The van der Waals surface area contributed by atoms with E-state index in [9.17, 15) is 4.79 Å². The Bertz CT molecular complexity index is 395. The molecule has 4 heteroatoms. The Labute approximate surface area is 108 Å². The van der Waals surface area contributed by atoms with Gasteiger partial charge in [-0.15, -0.1) is 0 Å². The molecule has 98 valence electrons. The maximum absolute atomic E-state index is 10.9. The number of rotatable bonds is 5. The quantitative estimate of drug-likeness (QED) is 0.750. The molecule has 1 unspecified atom stereocenters. The fraction of sp³-hybridized carbons (Fsp3) is 0.571. The molecule has 0 radical (unpaired) electrons. The molecule has 0 saturated carbocycles. The Morgan fingerprint density at radius 1 is 1.61 bits per heavy atom. The first-order chi connectivity index (χ1) is 8.85. The number of carbonyl (C=O) groups excluding carboxylic acids is 1. The molecule has 0 amide bonds. The minimum Gasteiger partial charge on any atom is -0.490 e. The van der Waals surface area contributed by atoms with Crippen LogP contribution in [-0.2, 0) is 4.79 Å². The van der Waals surface area contributed by atoms with Crippen molar-refractivity contribution in [2.24, 2.45) is 5.92 Å². The van der Waals surface area contributed by atoms with E-state index in [2.05, 4.69) is 16.8 Å². The Hall–Kier alpha value is -1.58. The second-order valence-electron chi connectivity index (χ2n) is 4.66. The van der Waals surface area contributed by atoms with Gasteiger partial charge in [0.25, 0.3) is 0 Å². The van der Waals surface area contributed by atoms with Crippen LogP contribution in [0.2, 0.25) is 0 Å². The third kappa shape index (κ3) is 3.00. The lowest BCUT2D eigenvalue weighted by Crippen LogP contribution is -2.36. The summed E-state index contributed by atoms with van der Waals surface area (Å²) in [6.07, 6.45) is 5.83. The minimum absolute atomic E-state index is 0.125. The van der Waals surface area contributed by atoms with Crippen molar-refractivity contribution in [3.63, 3.8) is 0 Å². The number of piperidine rings is 1. The van der Waals surface area contributed by atoms with Crippen molar-refractivity contribution >= 4 is 12.1 Å². The van der Waals surface area contributed by atoms with Gasteiger partial charge >= 0.3 is 0 Å². The maximum atomic E-state index is 10.9. The van der Waals surface area contributed by atoms with Gasteiger partial charge in [-0.3, -0.25) is 0 Å². The topological polar surface area (TPSA) is 42.4 Å². The Kier molecular flexibility index (Phi) is 4.56. The van der Waals surface area contributed by atoms with E-state index in [-0.39, 0.29) is 5.92 Å². The highest BCUT2D eigenvalue weighted by Gasteiger charge is 2.22. The van der Waals surface area contributed by atoms with Gasteiger partial charge in [0.2, 0.25) is 0 Å². The summed E-state index contributed by atoms with van der Waals surface area (Å²) in [7, 11) is 0. The molecule has 0 bridgehead atoms. The van der Waals surface area contributed by atoms with Crippen LogP contribution < -0.4 is 9.64 Å². The van der Waals surface area contributed by atoms with E-state index in [0.717, 1.165) is 50.2 Å². The van der Waals surface area contributed by atoms with Crippen LogP contribution in [0.15, 0.2) is 18.3 Å². The molecule has 1 atom stereocenters. The molecule has 1 aliphatic rings. The molecule has 1 fully saturated rings. The molecule has 4 nitrogen and oxygen atoms in total. The fourth-order valence-electron chi connectivity index (χ4n) is 2.26. The molecular formula is C14H20N2O2. The lowest BCUT2D eigenvalue weighted by atomic mass is 10.00. The maximum Gasteiger partial charge on any atom is 0.171 e. The molecule has 0 N–H and O–H groups in total. The summed E-state index contributed by atoms with van der Waals surface area (Å²) in [4.78, 5) is 17.5. The van der Waals surface area contributed by atoms with Crippen LogP contribution in [0.1, 0.15) is 26.2 Å². The Balaban J connectivity index is 2.13. The molecule has 2 heterocycles. The van der Waals surface area contributed by atoms with Gasteiger partial charge in [-0.05, 0) is 31.4 Å². The van der Waals surface area contributed by atoms with Crippen LogP contribution in [0.25, 0.3) is 0 Å². The van der Waals surface area contributed by atoms with Crippen LogP contribution in [-0.4, -0.2) is 31.0 Å². The van der Waals surface area contributed by atoms with Gasteiger partial charge < -0.3 is 14.4 Å². The van der Waals surface area contributed by atoms with E-state index in [1.165, 1.54) is 0 Å². The molecule has 0 spiro atoms. The summed E-state index contributed by atoms with van der Waals surface area (Å²) in [6, 6.07) is 3.83. The van der Waals surface area contributed by atoms with Crippen LogP contribution in [0.5, 0.6) is 5.75 Å². The predicted octanol–water partition coefficient (Wildman–Crippen LogP) is 2.29. The van der Waals surface area contributed by atoms with Gasteiger partial charge in [-0.2, -0.15) is 0 Å². The molecule has 18 heavy (non-hydrogen) atoms. The normalized spacial score (nSPS) is 19.6. The second kappa shape index (κ2) is 6.38. The van der Waals surface area contributed by atoms with E-state index >= 15 is 0 Å². The molecule has 0 aromatic carbocycles. The highest BCUT2D eigenvalue weighted by Crippen LogP contribution is 2.28. The van der Waals surface area contributed by atoms with Gasteiger partial charge in [0.05, 0.1) is 6.61 Å². The number of carbonyl (C=O) groups is 1. The second-order valence-corrected chi connectivity index (χ2v) is 4.66. The van der Waals surface area contributed by atoms with Crippen molar-refractivity contribution in [1.29, 1.82) is 0 Å². The standard InChI is InChI=1S/C14H20N2O2/c1-2-9-18-13-6-3-7-15-14(13)16-8-4-5-12(10-16)11-17/h3,6-7,11-12H,2,4-5,8-10H2,1H3. The summed E-state index contributed by atoms with van der Waals surface area (Å²) >= 11 is 0. The van der Waals surface area contributed by atoms with Gasteiger partial charge in [-0.1, -0.05) is 6.92 Å². The molecule has 1 aromatic heterocycles. The third-order valence-corrected chi connectivity index (χ3v) is 3.16. The van der Waals surface area contributed by atoms with Gasteiger partial charge in [-0.25, -0.2) is 4.98 Å². The summed E-state index contributed by atoms with van der Waals surface area (Å²) in [5, 5.41) is 0. The van der Waals surface area contributed by atoms with Crippen molar-refractivity contribution in [2.75, 3.05) is 24.6 Å². The zero-order valence-corrected chi connectivity index (χ0v) is 10.8. The van der Waals surface area contributed by atoms with E-state index in [1.54, 1.807) is 6.20 Å². The first-order valence-corrected chi connectivity index (χ1v) is 6.63. The van der Waals surface area contributed by atoms with Gasteiger partial charge in [0, 0.05) is 25.2 Å². The number of hydrogen-bond donors (Lipinski definition) is 0. The van der Waals surface area contributed by atoms with E-state index in [0.29, 0.717) is 6.61 Å². The molecule has 1 aliphatic heterocycles. The van der Waals surface area contributed by atoms with Gasteiger partial charge in [0.15, 0.2) is 11.6 Å². The average Bonchev–Trinajstić information content (AvgIpc) is 2.45. The highest BCUT2D eigenvalue weighted by molar-refractivity contribution is 5.58. The number of pyridine rings is 1. The van der Waals surface area contributed by atoms with E-state index < -0.39 is 0 Å². The van der Waals surface area contributed by atoms with Crippen LogP contribution in [0.3, 0.4) is 0 Å². The average molecular weight is 248 g/mol. The summed E-state index contributed by atoms with van der Waals surface area (Å²) in [5.41, 5.74) is 0. The molecular weight excluding hydrogens is 228 g/mol. The zero-order valence-electron chi connectivity index (χ0n) is 10.8. The van der Waals surface area contributed by atoms with Crippen LogP contribution >= 0.6 is 0 Å². The lowest BCUT2D eigenvalue weighted by Gasteiger charge is -2.32. The summed E-state index contributed by atoms with van der Waals surface area (Å²) in [5.74, 6) is 1.82. The first-order valence-electron chi connectivity index (χ1n) is 6.63. The van der Waals surface area contributed by atoms with Crippen molar-refractivity contribution in [3.8, 4) is 5.75 Å².